The molecule has 6 nitrogen and oxygen atoms in total. The molecule has 2 aromatic rings. The summed E-state index contributed by atoms with van der Waals surface area (Å²) in [6.07, 6.45) is 6.37. The molecular formula is C15H19N3O3S. The number of hydrogen-bond donors (Lipinski definition) is 0. The fourth-order valence-electron chi connectivity index (χ4n) is 2.06. The molecule has 1 amide bonds. The average molecular weight is 321 g/mol. The number of imidazole rings is 1. The molecule has 0 bridgehead atoms. The van der Waals surface area contributed by atoms with Crippen molar-refractivity contribution in [2.75, 3.05) is 20.2 Å². The Morgan fingerprint density at radius 1 is 1.41 bits per heavy atom. The first kappa shape index (κ1) is 16.2. The lowest BCUT2D eigenvalue weighted by Crippen LogP contribution is -2.34. The van der Waals surface area contributed by atoms with E-state index in [9.17, 15) is 9.59 Å². The molecule has 0 radical (unpaired) electrons. The minimum absolute atomic E-state index is 0.0375. The molecular weight excluding hydrogens is 302 g/mol. The van der Waals surface area contributed by atoms with Gasteiger partial charge in [0.1, 0.15) is 0 Å². The standard InChI is InChI=1S/C15H19N3O3S/c1-21-14(19)5-9-18(15(20)13-4-2-11-22-13)8-3-7-17-10-6-16-12-17/h2,4,6,10-12H,3,5,7-9H2,1H3. The quantitative estimate of drug-likeness (QED) is 0.698. The first-order valence-corrected chi connectivity index (χ1v) is 7.94. The molecule has 2 aromatic heterocycles. The Balaban J connectivity index is 1.91. The molecule has 0 unspecified atom stereocenters. The maximum Gasteiger partial charge on any atom is 0.307 e. The van der Waals surface area contributed by atoms with Gasteiger partial charge in [-0.05, 0) is 17.9 Å². The molecule has 0 spiro atoms. The van der Waals surface area contributed by atoms with Gasteiger partial charge in [-0.2, -0.15) is 0 Å². The largest absolute Gasteiger partial charge is 0.469 e. The smallest absolute Gasteiger partial charge is 0.307 e. The van der Waals surface area contributed by atoms with Gasteiger partial charge in [0.2, 0.25) is 0 Å². The predicted octanol–water partition coefficient (Wildman–Crippen LogP) is 2.04. The van der Waals surface area contributed by atoms with E-state index in [0.29, 0.717) is 18.0 Å². The van der Waals surface area contributed by atoms with Crippen molar-refractivity contribution in [3.63, 3.8) is 0 Å². The number of esters is 1. The Morgan fingerprint density at radius 3 is 2.91 bits per heavy atom. The van der Waals surface area contributed by atoms with Crippen molar-refractivity contribution >= 4 is 23.2 Å². The van der Waals surface area contributed by atoms with Gasteiger partial charge in [0.15, 0.2) is 0 Å². The summed E-state index contributed by atoms with van der Waals surface area (Å²) in [5, 5.41) is 1.87. The highest BCUT2D eigenvalue weighted by Crippen LogP contribution is 2.13. The number of hydrogen-bond acceptors (Lipinski definition) is 5. The van der Waals surface area contributed by atoms with Crippen LogP contribution in [0.1, 0.15) is 22.5 Å². The van der Waals surface area contributed by atoms with Crippen molar-refractivity contribution < 1.29 is 14.3 Å². The molecule has 118 valence electrons. The van der Waals surface area contributed by atoms with Crippen molar-refractivity contribution in [2.24, 2.45) is 0 Å². The Kier molecular flexibility index (Phi) is 6.14. The molecule has 0 N–H and O–H groups in total. The Hall–Kier alpha value is -2.15. The molecule has 0 aliphatic heterocycles. The molecule has 7 heteroatoms. The molecule has 0 fully saturated rings. The Bertz CT molecular complexity index is 581. The van der Waals surface area contributed by atoms with E-state index < -0.39 is 0 Å². The maximum absolute atomic E-state index is 12.5. The third-order valence-corrected chi connectivity index (χ3v) is 4.09. The summed E-state index contributed by atoms with van der Waals surface area (Å²) in [4.78, 5) is 30.2. The van der Waals surface area contributed by atoms with E-state index in [0.717, 1.165) is 13.0 Å². The maximum atomic E-state index is 12.5. The lowest BCUT2D eigenvalue weighted by atomic mass is 10.3. The van der Waals surface area contributed by atoms with E-state index in [-0.39, 0.29) is 18.3 Å². The van der Waals surface area contributed by atoms with Gasteiger partial charge in [-0.3, -0.25) is 9.59 Å². The second kappa shape index (κ2) is 8.33. The van der Waals surface area contributed by atoms with Crippen LogP contribution < -0.4 is 0 Å². The second-order valence-corrected chi connectivity index (χ2v) is 5.70. The Morgan fingerprint density at radius 2 is 2.27 bits per heavy atom. The van der Waals surface area contributed by atoms with Gasteiger partial charge in [0, 0.05) is 32.0 Å². The van der Waals surface area contributed by atoms with Gasteiger partial charge in [-0.25, -0.2) is 4.98 Å². The number of aryl methyl sites for hydroxylation is 1. The van der Waals surface area contributed by atoms with Crippen LogP contribution in [-0.4, -0.2) is 46.5 Å². The van der Waals surface area contributed by atoms with Crippen LogP contribution in [0, 0.1) is 0 Å². The van der Waals surface area contributed by atoms with E-state index in [1.807, 2.05) is 22.2 Å². The lowest BCUT2D eigenvalue weighted by Gasteiger charge is -2.21. The fraction of sp³-hybridized carbons (Fsp3) is 0.400. The Labute approximate surface area is 133 Å². The van der Waals surface area contributed by atoms with E-state index in [4.69, 9.17) is 0 Å². The molecule has 0 atom stereocenters. The molecule has 0 aromatic carbocycles. The zero-order valence-corrected chi connectivity index (χ0v) is 13.3. The normalized spacial score (nSPS) is 10.4. The van der Waals surface area contributed by atoms with Crippen molar-refractivity contribution in [1.82, 2.24) is 14.5 Å². The van der Waals surface area contributed by atoms with Crippen molar-refractivity contribution in [2.45, 2.75) is 19.4 Å². The van der Waals surface area contributed by atoms with Crippen LogP contribution >= 0.6 is 11.3 Å². The topological polar surface area (TPSA) is 64.4 Å². The summed E-state index contributed by atoms with van der Waals surface area (Å²) >= 11 is 1.41. The number of carbonyl (C=O) groups excluding carboxylic acids is 2. The monoisotopic (exact) mass is 321 g/mol. The molecule has 2 heterocycles. The molecule has 0 saturated carbocycles. The number of thiophene rings is 1. The van der Waals surface area contributed by atoms with Gasteiger partial charge < -0.3 is 14.2 Å². The highest BCUT2D eigenvalue weighted by atomic mass is 32.1. The molecule has 0 saturated heterocycles. The average Bonchev–Trinajstić information content (AvgIpc) is 3.22. The summed E-state index contributed by atoms with van der Waals surface area (Å²) < 4.78 is 6.61. The van der Waals surface area contributed by atoms with Gasteiger partial charge >= 0.3 is 5.97 Å². The zero-order chi connectivity index (χ0) is 15.8. The van der Waals surface area contributed by atoms with Crippen molar-refractivity contribution in [3.05, 3.63) is 41.1 Å². The summed E-state index contributed by atoms with van der Waals surface area (Å²) in [5.41, 5.74) is 0. The van der Waals surface area contributed by atoms with E-state index in [2.05, 4.69) is 9.72 Å². The first-order valence-electron chi connectivity index (χ1n) is 7.06. The third-order valence-electron chi connectivity index (χ3n) is 3.24. The van der Waals surface area contributed by atoms with Crippen molar-refractivity contribution in [3.8, 4) is 0 Å². The van der Waals surface area contributed by atoms with Crippen LogP contribution in [0.15, 0.2) is 36.2 Å². The van der Waals surface area contributed by atoms with Crippen LogP contribution in [0.4, 0.5) is 0 Å². The minimum atomic E-state index is -0.307. The second-order valence-electron chi connectivity index (χ2n) is 4.75. The number of methoxy groups -OCH3 is 1. The summed E-state index contributed by atoms with van der Waals surface area (Å²) in [6.45, 7) is 1.74. The zero-order valence-electron chi connectivity index (χ0n) is 12.5. The highest BCUT2D eigenvalue weighted by Gasteiger charge is 2.17. The van der Waals surface area contributed by atoms with Crippen LogP contribution in [0.2, 0.25) is 0 Å². The molecule has 2 rings (SSSR count). The first-order chi connectivity index (χ1) is 10.7. The number of ether oxygens (including phenoxy) is 1. The van der Waals surface area contributed by atoms with Gasteiger partial charge in [-0.15, -0.1) is 11.3 Å². The van der Waals surface area contributed by atoms with Gasteiger partial charge in [0.25, 0.3) is 5.91 Å². The number of amides is 1. The van der Waals surface area contributed by atoms with Gasteiger partial charge in [-0.1, -0.05) is 6.07 Å². The summed E-state index contributed by atoms with van der Waals surface area (Å²) in [6, 6.07) is 3.65. The predicted molar refractivity (Wildman–Crippen MR) is 83.7 cm³/mol. The van der Waals surface area contributed by atoms with Crippen LogP contribution in [0.3, 0.4) is 0 Å². The fourth-order valence-corrected chi connectivity index (χ4v) is 2.75. The van der Waals surface area contributed by atoms with Crippen molar-refractivity contribution in [1.29, 1.82) is 0 Å². The number of rotatable bonds is 8. The number of nitrogens with zero attached hydrogens (tertiary/aromatic N) is 3. The minimum Gasteiger partial charge on any atom is -0.469 e. The lowest BCUT2D eigenvalue weighted by molar-refractivity contribution is -0.140. The third kappa shape index (κ3) is 4.70. The summed E-state index contributed by atoms with van der Waals surface area (Å²) in [7, 11) is 1.35. The molecule has 0 aliphatic carbocycles. The summed E-state index contributed by atoms with van der Waals surface area (Å²) in [5.74, 6) is -0.344. The van der Waals surface area contributed by atoms with Crippen LogP contribution in [0.5, 0.6) is 0 Å². The van der Waals surface area contributed by atoms with Gasteiger partial charge in [0.05, 0.1) is 24.7 Å². The van der Waals surface area contributed by atoms with E-state index in [1.54, 1.807) is 23.5 Å². The SMILES string of the molecule is COC(=O)CCN(CCCn1ccnc1)C(=O)c1cccs1. The number of aromatic nitrogens is 2. The number of carbonyl (C=O) groups is 2. The molecule has 22 heavy (non-hydrogen) atoms. The van der Waals surface area contributed by atoms with E-state index >= 15 is 0 Å². The highest BCUT2D eigenvalue weighted by molar-refractivity contribution is 7.12. The van der Waals surface area contributed by atoms with Crippen LogP contribution in [0.25, 0.3) is 0 Å². The molecule has 0 aliphatic rings. The van der Waals surface area contributed by atoms with Crippen LogP contribution in [-0.2, 0) is 16.1 Å². The van der Waals surface area contributed by atoms with E-state index in [1.165, 1.54) is 18.4 Å².